The van der Waals surface area contributed by atoms with Crippen molar-refractivity contribution < 1.29 is 14.0 Å². The zero-order chi connectivity index (χ0) is 27.0. The second kappa shape index (κ2) is 13.4. The lowest BCUT2D eigenvalue weighted by atomic mass is 10.0. The Morgan fingerprint density at radius 1 is 1.00 bits per heavy atom. The molecule has 0 radical (unpaired) electrons. The molecule has 3 aromatic carbocycles. The van der Waals surface area contributed by atoms with Gasteiger partial charge in [0.1, 0.15) is 5.82 Å². The number of hydrogen-bond acceptors (Lipinski definition) is 4. The number of carbonyl (C=O) groups is 2. The van der Waals surface area contributed by atoms with Gasteiger partial charge in [0.25, 0.3) is 11.8 Å². The lowest BCUT2D eigenvalue weighted by molar-refractivity contribution is -0.114. The van der Waals surface area contributed by atoms with Crippen LogP contribution >= 0.6 is 23.5 Å². The van der Waals surface area contributed by atoms with Crippen molar-refractivity contribution in [2.24, 2.45) is 0 Å². The number of carbonyl (C=O) groups excluding carboxylic acids is 2. The fourth-order valence-electron chi connectivity index (χ4n) is 4.93. The van der Waals surface area contributed by atoms with E-state index < -0.39 is 0 Å². The highest BCUT2D eigenvalue weighted by Crippen LogP contribution is 2.42. The number of para-hydroxylation sites is 1. The molecule has 0 spiro atoms. The molecule has 1 N–H and O–H groups in total. The summed E-state index contributed by atoms with van der Waals surface area (Å²) in [6.45, 7) is 1.03. The van der Waals surface area contributed by atoms with Crippen LogP contribution in [0.5, 0.6) is 0 Å². The first-order valence-electron chi connectivity index (χ1n) is 13.6. The van der Waals surface area contributed by atoms with Crippen molar-refractivity contribution in [2.45, 2.75) is 55.2 Å². The maximum absolute atomic E-state index is 13.5. The van der Waals surface area contributed by atoms with Crippen LogP contribution in [0.3, 0.4) is 0 Å². The van der Waals surface area contributed by atoms with Gasteiger partial charge in [0.15, 0.2) is 0 Å². The maximum atomic E-state index is 13.5. The number of nitrogens with one attached hydrogen (secondary N) is 1. The second-order valence-corrected chi connectivity index (χ2v) is 12.5. The fourth-order valence-corrected chi connectivity index (χ4v) is 7.30. The van der Waals surface area contributed by atoms with Gasteiger partial charge in [0, 0.05) is 22.3 Å². The molecule has 0 unspecified atom stereocenters. The van der Waals surface area contributed by atoms with Crippen molar-refractivity contribution in [1.29, 1.82) is 0 Å². The summed E-state index contributed by atoms with van der Waals surface area (Å²) in [4.78, 5) is 29.4. The van der Waals surface area contributed by atoms with E-state index in [4.69, 9.17) is 0 Å². The van der Waals surface area contributed by atoms with Crippen LogP contribution in [0.4, 0.5) is 10.1 Å². The maximum Gasteiger partial charge on any atom is 0.265 e. The Morgan fingerprint density at radius 3 is 2.51 bits per heavy atom. The van der Waals surface area contributed by atoms with Crippen LogP contribution in [-0.4, -0.2) is 29.4 Å². The van der Waals surface area contributed by atoms with E-state index >= 15 is 0 Å². The van der Waals surface area contributed by atoms with E-state index in [0.717, 1.165) is 39.1 Å². The zero-order valence-corrected chi connectivity index (χ0v) is 23.5. The molecule has 1 aliphatic heterocycles. The van der Waals surface area contributed by atoms with Crippen LogP contribution in [0, 0.1) is 5.82 Å². The summed E-state index contributed by atoms with van der Waals surface area (Å²) >= 11 is 3.50. The summed E-state index contributed by atoms with van der Waals surface area (Å²) in [6, 6.07) is 21.4. The minimum absolute atomic E-state index is 0.0700. The highest BCUT2D eigenvalue weighted by Gasteiger charge is 2.29. The third-order valence-corrected chi connectivity index (χ3v) is 9.61. The van der Waals surface area contributed by atoms with Crippen molar-refractivity contribution in [2.75, 3.05) is 17.2 Å². The number of hydrogen-bond donors (Lipinski definition) is 1. The van der Waals surface area contributed by atoms with E-state index in [0.29, 0.717) is 23.6 Å². The highest BCUT2D eigenvalue weighted by atomic mass is 32.2. The molecular weight excluding hydrogens is 527 g/mol. The van der Waals surface area contributed by atoms with E-state index in [-0.39, 0.29) is 17.6 Å². The number of amides is 2. The smallest absolute Gasteiger partial charge is 0.265 e. The van der Waals surface area contributed by atoms with Crippen LogP contribution < -0.4 is 10.2 Å². The molecule has 1 heterocycles. The molecule has 1 saturated carbocycles. The number of thioether (sulfide) groups is 2. The van der Waals surface area contributed by atoms with E-state index in [1.165, 1.54) is 56.0 Å². The molecule has 1 aliphatic carbocycles. The first-order chi connectivity index (χ1) is 19.1. The van der Waals surface area contributed by atoms with Gasteiger partial charge in [-0.05, 0) is 78.6 Å². The third kappa shape index (κ3) is 7.34. The van der Waals surface area contributed by atoms with Gasteiger partial charge in [0.2, 0.25) is 0 Å². The lowest BCUT2D eigenvalue weighted by Gasteiger charge is -2.30. The van der Waals surface area contributed by atoms with E-state index in [1.807, 2.05) is 42.5 Å². The van der Waals surface area contributed by atoms with Gasteiger partial charge in [-0.25, -0.2) is 4.39 Å². The van der Waals surface area contributed by atoms with Gasteiger partial charge in [0.05, 0.1) is 17.1 Å². The number of anilines is 1. The highest BCUT2D eigenvalue weighted by molar-refractivity contribution is 8.04. The van der Waals surface area contributed by atoms with Gasteiger partial charge in [-0.15, -0.1) is 0 Å². The van der Waals surface area contributed by atoms with Gasteiger partial charge in [-0.3, -0.25) is 9.59 Å². The Bertz CT molecular complexity index is 1320. The molecule has 5 rings (SSSR count). The van der Waals surface area contributed by atoms with E-state index in [9.17, 15) is 14.0 Å². The molecule has 1 fully saturated rings. The Morgan fingerprint density at radius 2 is 1.74 bits per heavy atom. The average molecular weight is 561 g/mol. The van der Waals surface area contributed by atoms with E-state index in [2.05, 4.69) is 17.1 Å². The van der Waals surface area contributed by atoms with Crippen molar-refractivity contribution in [3.05, 3.63) is 100 Å². The quantitative estimate of drug-likeness (QED) is 0.215. The molecule has 3 aromatic rings. The Labute approximate surface area is 238 Å². The third-order valence-electron chi connectivity index (χ3n) is 7.07. The normalized spacial score (nSPS) is 16.8. The number of benzene rings is 3. The second-order valence-electron chi connectivity index (χ2n) is 9.96. The van der Waals surface area contributed by atoms with E-state index in [1.54, 1.807) is 29.2 Å². The van der Waals surface area contributed by atoms with Crippen molar-refractivity contribution >= 4 is 47.1 Å². The molecular formula is C32H33FN2O2S2. The predicted octanol–water partition coefficient (Wildman–Crippen LogP) is 7.69. The SMILES string of the molecule is O=C(NCCCSC1CCCCC1)c1ccc(C=C2Sc3ccccc3N(Cc3ccc(F)cc3)C2=O)cc1. The number of nitrogens with zero attached hydrogens (tertiary/aromatic N) is 1. The first kappa shape index (κ1) is 27.5. The monoisotopic (exact) mass is 560 g/mol. The first-order valence-corrected chi connectivity index (χ1v) is 15.5. The molecule has 2 aliphatic rings. The molecule has 0 aromatic heterocycles. The van der Waals surface area contributed by atoms with Gasteiger partial charge in [-0.1, -0.05) is 67.4 Å². The van der Waals surface area contributed by atoms with Crippen LogP contribution in [0.25, 0.3) is 6.08 Å². The zero-order valence-electron chi connectivity index (χ0n) is 21.9. The molecule has 2 amide bonds. The molecule has 0 saturated heterocycles. The number of rotatable bonds is 9. The fraction of sp³-hybridized carbons (Fsp3) is 0.312. The Kier molecular flexibility index (Phi) is 9.43. The summed E-state index contributed by atoms with van der Waals surface area (Å²) < 4.78 is 13.4. The van der Waals surface area contributed by atoms with Crippen LogP contribution in [0.15, 0.2) is 82.6 Å². The summed E-state index contributed by atoms with van der Waals surface area (Å²) in [6.07, 6.45) is 9.61. The summed E-state index contributed by atoms with van der Waals surface area (Å²) in [5.74, 6) is 0.617. The summed E-state index contributed by atoms with van der Waals surface area (Å²) in [5, 5.41) is 3.83. The van der Waals surface area contributed by atoms with Crippen LogP contribution in [-0.2, 0) is 11.3 Å². The number of halogens is 1. The standard InChI is InChI=1S/C32H33FN2O2S2/c33-26-17-13-24(14-18-26)22-35-28-9-4-5-10-29(28)39-30(32(35)37)21-23-11-15-25(16-12-23)31(36)34-19-6-20-38-27-7-2-1-3-8-27/h4-5,9-18,21,27H,1-3,6-8,19-20,22H2,(H,34,36). The molecule has 0 atom stereocenters. The lowest BCUT2D eigenvalue weighted by Crippen LogP contribution is -2.33. The largest absolute Gasteiger partial charge is 0.352 e. The van der Waals surface area contributed by atoms with Crippen LogP contribution in [0.1, 0.15) is 60.0 Å². The van der Waals surface area contributed by atoms with Gasteiger partial charge in [-0.2, -0.15) is 11.8 Å². The minimum atomic E-state index is -0.300. The topological polar surface area (TPSA) is 49.4 Å². The predicted molar refractivity (Wildman–Crippen MR) is 161 cm³/mol. The molecule has 0 bridgehead atoms. The molecule has 39 heavy (non-hydrogen) atoms. The van der Waals surface area contributed by atoms with Crippen molar-refractivity contribution in [3.63, 3.8) is 0 Å². The summed E-state index contributed by atoms with van der Waals surface area (Å²) in [5.41, 5.74) is 3.17. The molecule has 202 valence electrons. The van der Waals surface area contributed by atoms with Gasteiger partial charge < -0.3 is 10.2 Å². The molecule has 4 nitrogen and oxygen atoms in total. The Hall–Kier alpha value is -3.03. The minimum Gasteiger partial charge on any atom is -0.352 e. The molecule has 7 heteroatoms. The Balaban J connectivity index is 1.20. The number of fused-ring (bicyclic) bond motifs is 1. The van der Waals surface area contributed by atoms with Crippen LogP contribution in [0.2, 0.25) is 0 Å². The van der Waals surface area contributed by atoms with Gasteiger partial charge >= 0.3 is 0 Å². The van der Waals surface area contributed by atoms with Crippen molar-refractivity contribution in [1.82, 2.24) is 5.32 Å². The summed E-state index contributed by atoms with van der Waals surface area (Å²) in [7, 11) is 0. The average Bonchev–Trinajstić information content (AvgIpc) is 2.97. The van der Waals surface area contributed by atoms with Crippen molar-refractivity contribution in [3.8, 4) is 0 Å².